The molecule has 0 amide bonds. The van der Waals surface area contributed by atoms with Crippen LogP contribution in [0.3, 0.4) is 0 Å². The number of methoxy groups -OCH3 is 2. The molecule has 1 fully saturated rings. The van der Waals surface area contributed by atoms with Crippen molar-refractivity contribution < 1.29 is 23.4 Å². The summed E-state index contributed by atoms with van der Waals surface area (Å²) in [6, 6.07) is 7.05. The molecule has 0 aliphatic carbocycles. The smallest absolute Gasteiger partial charge is 0.204 e. The summed E-state index contributed by atoms with van der Waals surface area (Å²) in [7, 11) is 3.09. The monoisotopic (exact) mass is 354 g/mol. The highest BCUT2D eigenvalue weighted by Gasteiger charge is 2.51. The molecular formula is C20H18O6. The zero-order valence-electron chi connectivity index (χ0n) is 14.8. The highest BCUT2D eigenvalue weighted by Crippen LogP contribution is 2.46. The van der Waals surface area contributed by atoms with Crippen LogP contribution in [0, 0.1) is 0 Å². The van der Waals surface area contributed by atoms with Gasteiger partial charge < -0.3 is 23.4 Å². The lowest BCUT2D eigenvalue weighted by molar-refractivity contribution is 0.127. The molecule has 3 heterocycles. The molecule has 2 atom stereocenters. The summed E-state index contributed by atoms with van der Waals surface area (Å²) in [4.78, 5) is 13.2. The molecular weight excluding hydrogens is 336 g/mol. The van der Waals surface area contributed by atoms with Crippen LogP contribution in [-0.2, 0) is 11.2 Å². The number of rotatable bonds is 3. The Bertz CT molecular complexity index is 1110. The van der Waals surface area contributed by atoms with Gasteiger partial charge in [0.2, 0.25) is 5.43 Å². The highest BCUT2D eigenvalue weighted by molar-refractivity contribution is 5.97. The lowest BCUT2D eigenvalue weighted by Gasteiger charge is -2.14. The Morgan fingerprint density at radius 2 is 1.92 bits per heavy atom. The van der Waals surface area contributed by atoms with Crippen molar-refractivity contribution in [3.8, 4) is 17.2 Å². The first kappa shape index (κ1) is 15.5. The second-order valence-electron chi connectivity index (χ2n) is 6.94. The van der Waals surface area contributed by atoms with Gasteiger partial charge in [-0.3, -0.25) is 4.79 Å². The summed E-state index contributed by atoms with van der Waals surface area (Å²) >= 11 is 0. The zero-order valence-corrected chi connectivity index (χ0v) is 14.8. The molecule has 2 aliphatic heterocycles. The van der Waals surface area contributed by atoms with Gasteiger partial charge in [-0.05, 0) is 19.1 Å². The lowest BCUT2D eigenvalue weighted by atomic mass is 9.98. The van der Waals surface area contributed by atoms with E-state index in [2.05, 4.69) is 0 Å². The van der Waals surface area contributed by atoms with E-state index in [0.717, 1.165) is 5.56 Å². The van der Waals surface area contributed by atoms with Gasteiger partial charge in [0.1, 0.15) is 34.2 Å². The molecule has 1 aromatic heterocycles. The third kappa shape index (κ3) is 1.99. The van der Waals surface area contributed by atoms with Crippen molar-refractivity contribution in [3.63, 3.8) is 0 Å². The van der Waals surface area contributed by atoms with Crippen molar-refractivity contribution in [1.82, 2.24) is 0 Å². The number of hydrogen-bond donors (Lipinski definition) is 0. The van der Waals surface area contributed by atoms with E-state index in [-0.39, 0.29) is 17.1 Å². The van der Waals surface area contributed by atoms with E-state index in [9.17, 15) is 4.79 Å². The number of hydrogen-bond acceptors (Lipinski definition) is 6. The van der Waals surface area contributed by atoms with Gasteiger partial charge in [-0.1, -0.05) is 6.07 Å². The fourth-order valence-electron chi connectivity index (χ4n) is 3.66. The fraction of sp³-hybridized carbons (Fsp3) is 0.350. The standard InChI is InChI=1S/C20H18O6/c1-20(9-24-20)15-7-11-13(25-15)8-14(23-3)16-17(21)10-5-4-6-12(22-2)18(10)26-19(11)16/h4-6,8,15H,7,9H2,1-3H3. The molecule has 0 saturated carbocycles. The van der Waals surface area contributed by atoms with Crippen molar-refractivity contribution in [2.45, 2.75) is 25.0 Å². The molecule has 6 nitrogen and oxygen atoms in total. The van der Waals surface area contributed by atoms with E-state index >= 15 is 0 Å². The van der Waals surface area contributed by atoms with Crippen molar-refractivity contribution in [2.24, 2.45) is 0 Å². The molecule has 2 aromatic carbocycles. The van der Waals surface area contributed by atoms with Crippen molar-refractivity contribution >= 4 is 21.9 Å². The van der Waals surface area contributed by atoms with Crippen LogP contribution in [-0.4, -0.2) is 32.5 Å². The SMILES string of the molecule is COc1cccc2c(=O)c3c(OC)cc4c(c3oc12)CC(C1(C)CO1)O4. The highest BCUT2D eigenvalue weighted by atomic mass is 16.6. The summed E-state index contributed by atoms with van der Waals surface area (Å²) in [6.07, 6.45) is 0.516. The Kier molecular flexibility index (Phi) is 3.07. The Balaban J connectivity index is 1.85. The average Bonchev–Trinajstić information content (AvgIpc) is 3.25. The summed E-state index contributed by atoms with van der Waals surface area (Å²) < 4.78 is 28.7. The second-order valence-corrected chi connectivity index (χ2v) is 6.94. The Morgan fingerprint density at radius 1 is 1.15 bits per heavy atom. The zero-order chi connectivity index (χ0) is 18.1. The quantitative estimate of drug-likeness (QED) is 0.532. The van der Waals surface area contributed by atoms with E-state index in [1.54, 1.807) is 31.4 Å². The molecule has 0 N–H and O–H groups in total. The van der Waals surface area contributed by atoms with Gasteiger partial charge in [-0.25, -0.2) is 0 Å². The number of ether oxygens (including phenoxy) is 4. The first-order valence-electron chi connectivity index (χ1n) is 8.50. The molecule has 0 bridgehead atoms. The van der Waals surface area contributed by atoms with E-state index < -0.39 is 0 Å². The van der Waals surface area contributed by atoms with Gasteiger partial charge in [0, 0.05) is 18.1 Å². The van der Waals surface area contributed by atoms with Crippen LogP contribution in [0.2, 0.25) is 0 Å². The van der Waals surface area contributed by atoms with Crippen LogP contribution in [0.1, 0.15) is 12.5 Å². The van der Waals surface area contributed by atoms with Crippen molar-refractivity contribution in [1.29, 1.82) is 0 Å². The van der Waals surface area contributed by atoms with E-state index in [1.165, 1.54) is 7.11 Å². The lowest BCUT2D eigenvalue weighted by Crippen LogP contribution is -2.30. The van der Waals surface area contributed by atoms with Crippen LogP contribution < -0.4 is 19.6 Å². The first-order valence-corrected chi connectivity index (χ1v) is 8.50. The molecule has 3 aromatic rings. The number of epoxide rings is 1. The van der Waals surface area contributed by atoms with E-state index in [4.69, 9.17) is 23.4 Å². The van der Waals surface area contributed by atoms with Crippen LogP contribution in [0.15, 0.2) is 33.5 Å². The molecule has 5 rings (SSSR count). The number of benzene rings is 2. The van der Waals surface area contributed by atoms with Gasteiger partial charge >= 0.3 is 0 Å². The molecule has 134 valence electrons. The summed E-state index contributed by atoms with van der Waals surface area (Å²) in [5.74, 6) is 1.64. The molecule has 2 aliphatic rings. The van der Waals surface area contributed by atoms with Gasteiger partial charge in [-0.15, -0.1) is 0 Å². The van der Waals surface area contributed by atoms with Gasteiger partial charge in [0.15, 0.2) is 11.3 Å². The average molecular weight is 354 g/mol. The van der Waals surface area contributed by atoms with Gasteiger partial charge in [-0.2, -0.15) is 0 Å². The topological polar surface area (TPSA) is 70.4 Å². The van der Waals surface area contributed by atoms with Crippen LogP contribution >= 0.6 is 0 Å². The fourth-order valence-corrected chi connectivity index (χ4v) is 3.66. The predicted octanol–water partition coefficient (Wildman–Crippen LogP) is 3.06. The summed E-state index contributed by atoms with van der Waals surface area (Å²) in [5.41, 5.74) is 1.37. The van der Waals surface area contributed by atoms with Crippen molar-refractivity contribution in [3.05, 3.63) is 40.1 Å². The van der Waals surface area contributed by atoms with E-state index in [1.807, 2.05) is 6.92 Å². The van der Waals surface area contributed by atoms with Crippen LogP contribution in [0.5, 0.6) is 17.2 Å². The minimum Gasteiger partial charge on any atom is -0.496 e. The van der Waals surface area contributed by atoms with Crippen molar-refractivity contribution in [2.75, 3.05) is 20.8 Å². The summed E-state index contributed by atoms with van der Waals surface area (Å²) in [6.45, 7) is 2.69. The molecule has 26 heavy (non-hydrogen) atoms. The molecule has 6 heteroatoms. The largest absolute Gasteiger partial charge is 0.496 e. The Hall–Kier alpha value is -2.73. The molecule has 2 unspecified atom stereocenters. The van der Waals surface area contributed by atoms with Crippen LogP contribution in [0.25, 0.3) is 21.9 Å². The third-order valence-electron chi connectivity index (χ3n) is 5.34. The molecule has 1 saturated heterocycles. The minimum atomic E-state index is -0.284. The predicted molar refractivity (Wildman–Crippen MR) is 95.6 cm³/mol. The number of para-hydroxylation sites is 1. The molecule has 0 radical (unpaired) electrons. The second kappa shape index (κ2) is 5.14. The third-order valence-corrected chi connectivity index (χ3v) is 5.34. The Morgan fingerprint density at radius 3 is 2.62 bits per heavy atom. The van der Waals surface area contributed by atoms with Gasteiger partial charge in [0.05, 0.1) is 26.2 Å². The first-order chi connectivity index (χ1) is 12.6. The minimum absolute atomic E-state index is 0.105. The normalized spacial score (nSPS) is 23.7. The summed E-state index contributed by atoms with van der Waals surface area (Å²) in [5, 5.41) is 0.890. The maximum atomic E-state index is 13.2. The van der Waals surface area contributed by atoms with Crippen LogP contribution in [0.4, 0.5) is 0 Å². The molecule has 0 spiro atoms. The Labute approximate surface area is 149 Å². The van der Waals surface area contributed by atoms with E-state index in [0.29, 0.717) is 52.2 Å². The maximum absolute atomic E-state index is 13.2. The maximum Gasteiger partial charge on any atom is 0.204 e. The number of fused-ring (bicyclic) bond motifs is 4. The van der Waals surface area contributed by atoms with Gasteiger partial charge in [0.25, 0.3) is 0 Å².